The summed E-state index contributed by atoms with van der Waals surface area (Å²) >= 11 is 5.78. The van der Waals surface area contributed by atoms with Gasteiger partial charge in [-0.1, -0.05) is 23.7 Å². The molecule has 28 heavy (non-hydrogen) atoms. The molecule has 4 rings (SSSR count). The Morgan fingerprint density at radius 3 is 2.75 bits per heavy atom. The normalized spacial score (nSPS) is 24.1. The van der Waals surface area contributed by atoms with Crippen LogP contribution >= 0.6 is 11.6 Å². The molecule has 1 aliphatic carbocycles. The summed E-state index contributed by atoms with van der Waals surface area (Å²) in [6, 6.07) is 7.19. The highest BCUT2D eigenvalue weighted by Gasteiger charge is 2.42. The van der Waals surface area contributed by atoms with E-state index in [0.29, 0.717) is 33.9 Å². The summed E-state index contributed by atoms with van der Waals surface area (Å²) in [7, 11) is 0. The minimum atomic E-state index is -0.541. The molecule has 2 bridgehead atoms. The predicted octanol–water partition coefficient (Wildman–Crippen LogP) is 3.72. The Morgan fingerprint density at radius 1 is 1.36 bits per heavy atom. The number of rotatable bonds is 6. The number of carbonyl (C=O) groups is 1. The smallest absolute Gasteiger partial charge is 0.159 e. The molecule has 1 aromatic carbocycles. The molecular weight excluding hydrogens is 379 g/mol. The molecule has 2 aliphatic rings. The van der Waals surface area contributed by atoms with Crippen molar-refractivity contribution in [2.75, 3.05) is 0 Å². The van der Waals surface area contributed by atoms with Crippen molar-refractivity contribution in [3.8, 4) is 17.5 Å². The summed E-state index contributed by atoms with van der Waals surface area (Å²) in [4.78, 5) is 20.8. The van der Waals surface area contributed by atoms with Crippen LogP contribution in [-0.4, -0.2) is 27.8 Å². The summed E-state index contributed by atoms with van der Waals surface area (Å²) in [6.07, 6.45) is 6.53. The lowest BCUT2D eigenvalue weighted by Crippen LogP contribution is -2.42. The van der Waals surface area contributed by atoms with Gasteiger partial charge in [-0.25, -0.2) is 14.4 Å². The van der Waals surface area contributed by atoms with E-state index in [1.165, 1.54) is 18.5 Å². The van der Waals surface area contributed by atoms with E-state index in [-0.39, 0.29) is 24.7 Å². The number of hydrogen-bond donors (Lipinski definition) is 1. The second-order valence-corrected chi connectivity index (χ2v) is 8.08. The molecule has 2 fully saturated rings. The third-order valence-corrected chi connectivity index (χ3v) is 5.93. The van der Waals surface area contributed by atoms with E-state index in [9.17, 15) is 14.4 Å². The molecule has 1 N–H and O–H groups in total. The van der Waals surface area contributed by atoms with Crippen molar-refractivity contribution in [1.29, 1.82) is 5.26 Å². The molecular formula is C21H20ClFN4O. The first-order valence-corrected chi connectivity index (χ1v) is 9.86. The molecule has 0 radical (unpaired) electrons. The number of aromatic nitrogens is 2. The standard InChI is InChI=1S/C21H20ClFN4O/c22-16-10-25-21(26-11-16)15-2-1-13(18(23)8-15)5-12(9-24)6-19(28)20-14-3-4-17(7-14)27-20/h1-2,8,10-12,14,17,20,27H,3-7H2/t12?,14-,17+,20-/m0/s1. The molecule has 0 spiro atoms. The van der Waals surface area contributed by atoms with Gasteiger partial charge in [0.2, 0.25) is 0 Å². The summed E-state index contributed by atoms with van der Waals surface area (Å²) in [5, 5.41) is 13.3. The number of ketones is 1. The highest BCUT2D eigenvalue weighted by molar-refractivity contribution is 6.30. The predicted molar refractivity (Wildman–Crippen MR) is 103 cm³/mol. The number of hydrogen-bond acceptors (Lipinski definition) is 5. The number of benzene rings is 1. The fourth-order valence-electron chi connectivity index (χ4n) is 4.33. The summed E-state index contributed by atoms with van der Waals surface area (Å²) in [6.45, 7) is 0. The van der Waals surface area contributed by atoms with E-state index in [4.69, 9.17) is 11.6 Å². The zero-order valence-electron chi connectivity index (χ0n) is 15.2. The first-order valence-electron chi connectivity index (χ1n) is 9.48. The van der Waals surface area contributed by atoms with Crippen molar-refractivity contribution in [2.45, 2.75) is 44.2 Å². The number of nitriles is 1. The molecule has 0 amide bonds. The number of nitrogens with zero attached hydrogens (tertiary/aromatic N) is 3. The summed E-state index contributed by atoms with van der Waals surface area (Å²) < 4.78 is 14.6. The van der Waals surface area contributed by atoms with Gasteiger partial charge in [-0.15, -0.1) is 0 Å². The molecule has 5 nitrogen and oxygen atoms in total. The Labute approximate surface area is 168 Å². The van der Waals surface area contributed by atoms with Crippen LogP contribution in [-0.2, 0) is 11.2 Å². The maximum Gasteiger partial charge on any atom is 0.159 e. The van der Waals surface area contributed by atoms with Gasteiger partial charge in [-0.3, -0.25) is 4.79 Å². The molecule has 144 valence electrons. The van der Waals surface area contributed by atoms with E-state index in [1.807, 2.05) is 0 Å². The van der Waals surface area contributed by atoms with E-state index in [1.54, 1.807) is 12.1 Å². The van der Waals surface area contributed by atoms with Crippen LogP contribution in [0.3, 0.4) is 0 Å². The van der Waals surface area contributed by atoms with Gasteiger partial charge in [0, 0.05) is 30.4 Å². The zero-order chi connectivity index (χ0) is 19.7. The van der Waals surface area contributed by atoms with Crippen LogP contribution in [0.5, 0.6) is 0 Å². The average Bonchev–Trinajstić information content (AvgIpc) is 3.33. The van der Waals surface area contributed by atoms with Gasteiger partial charge in [-0.05, 0) is 43.2 Å². The SMILES string of the molecule is N#CC(CC(=O)[C@H]1N[C@@H]2CC[C@H]1C2)Cc1ccc(-c2ncc(Cl)cn2)cc1F. The monoisotopic (exact) mass is 398 g/mol. The van der Waals surface area contributed by atoms with Crippen LogP contribution in [0.15, 0.2) is 30.6 Å². The number of Topliss-reactive ketones (excluding diaryl/α,β-unsaturated/α-hetero) is 1. The third kappa shape index (κ3) is 3.91. The molecule has 1 aliphatic heterocycles. The van der Waals surface area contributed by atoms with Crippen LogP contribution in [0, 0.1) is 29.0 Å². The van der Waals surface area contributed by atoms with Gasteiger partial charge in [0.25, 0.3) is 0 Å². The quantitative estimate of drug-likeness (QED) is 0.802. The Hall–Kier alpha value is -2.36. The highest BCUT2D eigenvalue weighted by atomic mass is 35.5. The first-order chi connectivity index (χ1) is 13.5. The highest BCUT2D eigenvalue weighted by Crippen LogP contribution is 2.36. The van der Waals surface area contributed by atoms with Gasteiger partial charge < -0.3 is 5.32 Å². The number of nitrogens with one attached hydrogen (secondary N) is 1. The van der Waals surface area contributed by atoms with Crippen molar-refractivity contribution in [2.24, 2.45) is 11.8 Å². The third-order valence-electron chi connectivity index (χ3n) is 5.73. The van der Waals surface area contributed by atoms with Crippen molar-refractivity contribution in [1.82, 2.24) is 15.3 Å². The minimum Gasteiger partial charge on any atom is -0.304 e. The number of carbonyl (C=O) groups excluding carboxylic acids is 1. The van der Waals surface area contributed by atoms with Crippen molar-refractivity contribution in [3.63, 3.8) is 0 Å². The second-order valence-electron chi connectivity index (χ2n) is 7.65. The molecule has 2 aromatic rings. The number of piperidine rings is 1. The fraction of sp³-hybridized carbons (Fsp3) is 0.429. The Morgan fingerprint density at radius 2 is 2.14 bits per heavy atom. The molecule has 1 saturated heterocycles. The largest absolute Gasteiger partial charge is 0.304 e. The first kappa shape index (κ1) is 19.0. The average molecular weight is 399 g/mol. The summed E-state index contributed by atoms with van der Waals surface area (Å²) in [5.41, 5.74) is 0.951. The van der Waals surface area contributed by atoms with E-state index < -0.39 is 11.7 Å². The van der Waals surface area contributed by atoms with Gasteiger partial charge in [0.1, 0.15) is 5.82 Å². The van der Waals surface area contributed by atoms with Crippen molar-refractivity contribution < 1.29 is 9.18 Å². The maximum absolute atomic E-state index is 14.6. The molecule has 1 unspecified atom stereocenters. The van der Waals surface area contributed by atoms with E-state index >= 15 is 0 Å². The molecule has 7 heteroatoms. The lowest BCUT2D eigenvalue weighted by Gasteiger charge is -2.22. The lowest BCUT2D eigenvalue weighted by molar-refractivity contribution is -0.122. The van der Waals surface area contributed by atoms with Gasteiger partial charge in [-0.2, -0.15) is 5.26 Å². The molecule has 2 heterocycles. The summed E-state index contributed by atoms with van der Waals surface area (Å²) in [5.74, 6) is -0.121. The van der Waals surface area contributed by atoms with Gasteiger partial charge >= 0.3 is 0 Å². The number of halogens is 2. The van der Waals surface area contributed by atoms with E-state index in [0.717, 1.165) is 19.3 Å². The maximum atomic E-state index is 14.6. The zero-order valence-corrected chi connectivity index (χ0v) is 16.0. The van der Waals surface area contributed by atoms with Crippen LogP contribution in [0.25, 0.3) is 11.4 Å². The van der Waals surface area contributed by atoms with Crippen LogP contribution < -0.4 is 5.32 Å². The van der Waals surface area contributed by atoms with Crippen LogP contribution in [0.2, 0.25) is 5.02 Å². The van der Waals surface area contributed by atoms with E-state index in [2.05, 4.69) is 21.4 Å². The Kier molecular flexibility index (Phi) is 5.38. The van der Waals surface area contributed by atoms with Crippen molar-refractivity contribution >= 4 is 17.4 Å². The van der Waals surface area contributed by atoms with Crippen LogP contribution in [0.4, 0.5) is 4.39 Å². The lowest BCUT2D eigenvalue weighted by atomic mass is 9.88. The topological polar surface area (TPSA) is 78.7 Å². The minimum absolute atomic E-state index is 0.0744. The Balaban J connectivity index is 1.42. The fourth-order valence-corrected chi connectivity index (χ4v) is 4.43. The van der Waals surface area contributed by atoms with Gasteiger partial charge in [0.05, 0.1) is 23.1 Å². The van der Waals surface area contributed by atoms with Gasteiger partial charge in [0.15, 0.2) is 11.6 Å². The number of fused-ring (bicyclic) bond motifs is 2. The molecule has 4 atom stereocenters. The van der Waals surface area contributed by atoms with Crippen molar-refractivity contribution in [3.05, 3.63) is 47.0 Å². The Bertz CT molecular complexity index is 927. The second kappa shape index (κ2) is 7.94. The molecule has 1 aromatic heterocycles. The van der Waals surface area contributed by atoms with Crippen LogP contribution in [0.1, 0.15) is 31.2 Å². The molecule has 1 saturated carbocycles.